The van der Waals surface area contributed by atoms with Crippen LogP contribution < -0.4 is 5.32 Å². The molecule has 3 rings (SSSR count). The van der Waals surface area contributed by atoms with E-state index in [1.54, 1.807) is 11.8 Å². The molecular formula is C19H29ClN2O2S. The lowest BCUT2D eigenvalue weighted by molar-refractivity contribution is -0.119. The molecule has 0 bridgehead atoms. The number of halogens is 1. The van der Waals surface area contributed by atoms with Gasteiger partial charge in [0.25, 0.3) is 0 Å². The standard InChI is InChI=1S/C19H28N2O2S.ClH/c1-24-14-19(22)20-18-13-21(11-15-7-9-23-10-8-15)12-17(18)16-5-3-2-4-6-16;/h2-6,15,17-18H,7-14H2,1H3,(H,20,22);1H/t17-,18+;/m1./s1. The summed E-state index contributed by atoms with van der Waals surface area (Å²) in [4.78, 5) is 14.6. The summed E-state index contributed by atoms with van der Waals surface area (Å²) in [5.74, 6) is 1.81. The fourth-order valence-corrected chi connectivity index (χ4v) is 4.24. The molecule has 140 valence electrons. The smallest absolute Gasteiger partial charge is 0.230 e. The van der Waals surface area contributed by atoms with Crippen LogP contribution in [0, 0.1) is 5.92 Å². The van der Waals surface area contributed by atoms with Crippen molar-refractivity contribution in [2.75, 3.05) is 44.9 Å². The highest BCUT2D eigenvalue weighted by atomic mass is 35.5. The Balaban J connectivity index is 0.00000225. The molecule has 1 aromatic rings. The highest BCUT2D eigenvalue weighted by Gasteiger charge is 2.35. The van der Waals surface area contributed by atoms with Crippen molar-refractivity contribution in [3.8, 4) is 0 Å². The van der Waals surface area contributed by atoms with Gasteiger partial charge in [0.2, 0.25) is 5.91 Å². The zero-order valence-electron chi connectivity index (χ0n) is 14.9. The van der Waals surface area contributed by atoms with Crippen LogP contribution in [-0.4, -0.2) is 61.7 Å². The van der Waals surface area contributed by atoms with Crippen LogP contribution in [0.3, 0.4) is 0 Å². The molecule has 2 atom stereocenters. The molecule has 0 spiro atoms. The first kappa shape index (κ1) is 20.6. The number of likely N-dealkylation sites (tertiary alicyclic amines) is 1. The molecule has 0 unspecified atom stereocenters. The van der Waals surface area contributed by atoms with Gasteiger partial charge in [-0.3, -0.25) is 4.79 Å². The van der Waals surface area contributed by atoms with Crippen LogP contribution in [0.5, 0.6) is 0 Å². The Bertz CT molecular complexity index is 525. The van der Waals surface area contributed by atoms with Gasteiger partial charge >= 0.3 is 0 Å². The average Bonchev–Trinajstić information content (AvgIpc) is 2.99. The summed E-state index contributed by atoms with van der Waals surface area (Å²) >= 11 is 1.58. The van der Waals surface area contributed by atoms with Gasteiger partial charge in [0.15, 0.2) is 0 Å². The predicted octanol–water partition coefficient (Wildman–Crippen LogP) is 2.78. The van der Waals surface area contributed by atoms with E-state index in [1.807, 2.05) is 6.26 Å². The number of hydrogen-bond acceptors (Lipinski definition) is 4. The molecule has 2 saturated heterocycles. The summed E-state index contributed by atoms with van der Waals surface area (Å²) < 4.78 is 5.48. The maximum Gasteiger partial charge on any atom is 0.230 e. The fraction of sp³-hybridized carbons (Fsp3) is 0.632. The molecule has 0 aromatic heterocycles. The number of carbonyl (C=O) groups excluding carboxylic acids is 1. The van der Waals surface area contributed by atoms with Crippen LogP contribution in [0.15, 0.2) is 30.3 Å². The van der Waals surface area contributed by atoms with E-state index in [9.17, 15) is 4.79 Å². The fourth-order valence-electron chi connectivity index (χ4n) is 3.89. The third-order valence-corrected chi connectivity index (χ3v) is 5.65. The van der Waals surface area contributed by atoms with Gasteiger partial charge in [0.1, 0.15) is 0 Å². The van der Waals surface area contributed by atoms with E-state index < -0.39 is 0 Å². The maximum atomic E-state index is 12.1. The zero-order chi connectivity index (χ0) is 16.8. The molecule has 0 aliphatic carbocycles. The Labute approximate surface area is 161 Å². The first-order valence-corrected chi connectivity index (χ1v) is 10.3. The monoisotopic (exact) mass is 384 g/mol. The van der Waals surface area contributed by atoms with Crippen LogP contribution in [-0.2, 0) is 9.53 Å². The first-order chi connectivity index (χ1) is 11.8. The van der Waals surface area contributed by atoms with Crippen LogP contribution in [0.25, 0.3) is 0 Å². The third kappa shape index (κ3) is 5.88. The van der Waals surface area contributed by atoms with Gasteiger partial charge in [-0.15, -0.1) is 12.4 Å². The minimum absolute atomic E-state index is 0. The Morgan fingerprint density at radius 2 is 1.96 bits per heavy atom. The van der Waals surface area contributed by atoms with E-state index in [0.717, 1.165) is 51.6 Å². The van der Waals surface area contributed by atoms with Crippen LogP contribution in [0.4, 0.5) is 0 Å². The lowest BCUT2D eigenvalue weighted by atomic mass is 9.94. The SMILES string of the molecule is CSCC(=O)N[C@H]1CN(CC2CCOCC2)C[C@@H]1c1ccccc1.Cl. The van der Waals surface area contributed by atoms with Crippen molar-refractivity contribution in [3.05, 3.63) is 35.9 Å². The van der Waals surface area contributed by atoms with E-state index in [4.69, 9.17) is 4.74 Å². The second-order valence-corrected chi connectivity index (χ2v) is 7.76. The molecule has 2 fully saturated rings. The Morgan fingerprint density at radius 1 is 1.24 bits per heavy atom. The van der Waals surface area contributed by atoms with Crippen LogP contribution in [0.2, 0.25) is 0 Å². The Hall–Kier alpha value is -0.750. The predicted molar refractivity (Wildman–Crippen MR) is 107 cm³/mol. The number of carbonyl (C=O) groups is 1. The van der Waals surface area contributed by atoms with Gasteiger partial charge in [0.05, 0.1) is 5.75 Å². The molecule has 0 radical (unpaired) electrons. The molecule has 25 heavy (non-hydrogen) atoms. The van der Waals surface area contributed by atoms with Gasteiger partial charge < -0.3 is 15.0 Å². The van der Waals surface area contributed by atoms with Crippen molar-refractivity contribution >= 4 is 30.1 Å². The maximum absolute atomic E-state index is 12.1. The van der Waals surface area contributed by atoms with Gasteiger partial charge in [-0.1, -0.05) is 30.3 Å². The van der Waals surface area contributed by atoms with E-state index in [0.29, 0.717) is 11.7 Å². The molecule has 2 aliphatic heterocycles. The van der Waals surface area contributed by atoms with Gasteiger partial charge in [-0.2, -0.15) is 11.8 Å². The van der Waals surface area contributed by atoms with Gasteiger partial charge in [-0.05, 0) is 30.6 Å². The topological polar surface area (TPSA) is 41.6 Å². The van der Waals surface area contributed by atoms with Crippen molar-refractivity contribution < 1.29 is 9.53 Å². The summed E-state index contributed by atoms with van der Waals surface area (Å²) in [6, 6.07) is 10.8. The quantitative estimate of drug-likeness (QED) is 0.818. The number of hydrogen-bond donors (Lipinski definition) is 1. The zero-order valence-corrected chi connectivity index (χ0v) is 16.5. The second-order valence-electron chi connectivity index (χ2n) is 6.90. The molecule has 2 aliphatic rings. The first-order valence-electron chi connectivity index (χ1n) is 8.89. The summed E-state index contributed by atoms with van der Waals surface area (Å²) in [5, 5.41) is 3.27. The summed E-state index contributed by atoms with van der Waals surface area (Å²) in [6.45, 7) is 4.91. The van der Waals surface area contributed by atoms with Gasteiger partial charge in [0, 0.05) is 44.8 Å². The molecule has 1 aromatic carbocycles. The second kappa shape index (κ2) is 10.4. The minimum atomic E-state index is 0. The highest BCUT2D eigenvalue weighted by molar-refractivity contribution is 7.99. The molecule has 1 N–H and O–H groups in total. The third-order valence-electron chi connectivity index (χ3n) is 5.10. The van der Waals surface area contributed by atoms with E-state index >= 15 is 0 Å². The van der Waals surface area contributed by atoms with Crippen molar-refractivity contribution in [2.24, 2.45) is 5.92 Å². The van der Waals surface area contributed by atoms with Crippen LogP contribution >= 0.6 is 24.2 Å². The van der Waals surface area contributed by atoms with E-state index in [2.05, 4.69) is 40.5 Å². The number of nitrogens with one attached hydrogen (secondary N) is 1. The molecule has 0 saturated carbocycles. The van der Waals surface area contributed by atoms with E-state index in [-0.39, 0.29) is 24.4 Å². The summed E-state index contributed by atoms with van der Waals surface area (Å²) in [5.41, 5.74) is 1.33. The average molecular weight is 385 g/mol. The van der Waals surface area contributed by atoms with Crippen LogP contribution in [0.1, 0.15) is 24.3 Å². The van der Waals surface area contributed by atoms with Crippen molar-refractivity contribution in [1.82, 2.24) is 10.2 Å². The van der Waals surface area contributed by atoms with Gasteiger partial charge in [-0.25, -0.2) is 0 Å². The summed E-state index contributed by atoms with van der Waals surface area (Å²) in [6.07, 6.45) is 4.30. The highest BCUT2D eigenvalue weighted by Crippen LogP contribution is 2.29. The van der Waals surface area contributed by atoms with Crippen molar-refractivity contribution in [3.63, 3.8) is 0 Å². The number of thioether (sulfide) groups is 1. The minimum Gasteiger partial charge on any atom is -0.381 e. The Kier molecular flexibility index (Phi) is 8.56. The number of nitrogens with zero attached hydrogens (tertiary/aromatic N) is 1. The normalized spacial score (nSPS) is 24.7. The number of amides is 1. The Morgan fingerprint density at radius 3 is 2.64 bits per heavy atom. The lowest BCUT2D eigenvalue weighted by Gasteiger charge is -2.27. The molecular weight excluding hydrogens is 356 g/mol. The molecule has 6 heteroatoms. The molecule has 4 nitrogen and oxygen atoms in total. The molecule has 1 amide bonds. The number of rotatable bonds is 6. The summed E-state index contributed by atoms with van der Waals surface area (Å²) in [7, 11) is 0. The van der Waals surface area contributed by atoms with Crippen molar-refractivity contribution in [1.29, 1.82) is 0 Å². The van der Waals surface area contributed by atoms with Crippen molar-refractivity contribution in [2.45, 2.75) is 24.8 Å². The number of ether oxygens (including phenoxy) is 1. The number of benzene rings is 1. The lowest BCUT2D eigenvalue weighted by Crippen LogP contribution is -2.41. The largest absolute Gasteiger partial charge is 0.381 e. The molecule has 2 heterocycles. The van der Waals surface area contributed by atoms with E-state index in [1.165, 1.54) is 5.56 Å².